The summed E-state index contributed by atoms with van der Waals surface area (Å²) >= 11 is 5.81. The zero-order valence-corrected chi connectivity index (χ0v) is 12.6. The summed E-state index contributed by atoms with van der Waals surface area (Å²) in [5.74, 6) is -0.0312. The van der Waals surface area contributed by atoms with Crippen LogP contribution < -0.4 is 0 Å². The predicted molar refractivity (Wildman–Crippen MR) is 78.3 cm³/mol. The molecule has 0 spiro atoms. The Morgan fingerprint density at radius 3 is 2.65 bits per heavy atom. The SMILES string of the molecule is CCCC(CC)n1c(CCCl)nc2c(F)cc(F)cc21. The van der Waals surface area contributed by atoms with Crippen LogP contribution in [0, 0.1) is 11.6 Å². The van der Waals surface area contributed by atoms with Crippen molar-refractivity contribution in [2.45, 2.75) is 45.6 Å². The number of aromatic nitrogens is 2. The summed E-state index contributed by atoms with van der Waals surface area (Å²) in [6, 6.07) is 2.44. The maximum Gasteiger partial charge on any atom is 0.153 e. The highest BCUT2D eigenvalue weighted by Crippen LogP contribution is 2.29. The van der Waals surface area contributed by atoms with E-state index in [0.717, 1.165) is 31.2 Å². The van der Waals surface area contributed by atoms with Crippen molar-refractivity contribution in [3.05, 3.63) is 29.6 Å². The van der Waals surface area contributed by atoms with E-state index in [9.17, 15) is 8.78 Å². The maximum absolute atomic E-state index is 13.9. The smallest absolute Gasteiger partial charge is 0.153 e. The van der Waals surface area contributed by atoms with Gasteiger partial charge < -0.3 is 4.57 Å². The van der Waals surface area contributed by atoms with Crippen LogP contribution in [0.2, 0.25) is 0 Å². The van der Waals surface area contributed by atoms with Crippen LogP contribution in [0.3, 0.4) is 0 Å². The summed E-state index contributed by atoms with van der Waals surface area (Å²) in [7, 11) is 0. The molecule has 1 atom stereocenters. The van der Waals surface area contributed by atoms with Gasteiger partial charge in [-0.05, 0) is 18.9 Å². The molecule has 0 aliphatic carbocycles. The second kappa shape index (κ2) is 6.53. The zero-order valence-electron chi connectivity index (χ0n) is 11.8. The van der Waals surface area contributed by atoms with E-state index in [2.05, 4.69) is 18.8 Å². The minimum Gasteiger partial charge on any atom is -0.325 e. The van der Waals surface area contributed by atoms with Gasteiger partial charge in [0.2, 0.25) is 0 Å². The van der Waals surface area contributed by atoms with Gasteiger partial charge in [-0.3, -0.25) is 0 Å². The molecule has 0 aliphatic heterocycles. The number of alkyl halides is 1. The van der Waals surface area contributed by atoms with Crippen LogP contribution in [0.25, 0.3) is 11.0 Å². The second-order valence-corrected chi connectivity index (χ2v) is 5.32. The molecule has 5 heteroatoms. The Balaban J connectivity index is 2.66. The predicted octanol–water partition coefficient (Wildman–Crippen LogP) is 4.85. The van der Waals surface area contributed by atoms with E-state index >= 15 is 0 Å². The summed E-state index contributed by atoms with van der Waals surface area (Å²) < 4.78 is 29.4. The van der Waals surface area contributed by atoms with Crippen LogP contribution in [-0.2, 0) is 6.42 Å². The fourth-order valence-corrected chi connectivity index (χ4v) is 2.86. The number of fused-ring (bicyclic) bond motifs is 1. The molecule has 0 bridgehead atoms. The van der Waals surface area contributed by atoms with E-state index in [1.165, 1.54) is 6.07 Å². The molecule has 0 radical (unpaired) electrons. The largest absolute Gasteiger partial charge is 0.325 e. The minimum absolute atomic E-state index is 0.199. The lowest BCUT2D eigenvalue weighted by Gasteiger charge is -2.19. The topological polar surface area (TPSA) is 17.8 Å². The molecule has 0 fully saturated rings. The Bertz CT molecular complexity index is 595. The van der Waals surface area contributed by atoms with Crippen LogP contribution in [0.1, 0.15) is 45.0 Å². The average Bonchev–Trinajstić information content (AvgIpc) is 2.75. The first kappa shape index (κ1) is 15.2. The first-order chi connectivity index (χ1) is 9.62. The molecule has 2 nitrogen and oxygen atoms in total. The average molecular weight is 301 g/mol. The van der Waals surface area contributed by atoms with Gasteiger partial charge in [0.25, 0.3) is 0 Å². The monoisotopic (exact) mass is 300 g/mol. The summed E-state index contributed by atoms with van der Waals surface area (Å²) in [6.45, 7) is 4.18. The van der Waals surface area contributed by atoms with Gasteiger partial charge in [-0.2, -0.15) is 0 Å². The minimum atomic E-state index is -0.610. The second-order valence-electron chi connectivity index (χ2n) is 4.94. The molecule has 1 aromatic carbocycles. The molecule has 0 saturated carbocycles. The molecule has 20 heavy (non-hydrogen) atoms. The number of hydrogen-bond donors (Lipinski definition) is 0. The highest BCUT2D eigenvalue weighted by atomic mass is 35.5. The Morgan fingerprint density at radius 1 is 1.30 bits per heavy atom. The zero-order chi connectivity index (χ0) is 14.7. The van der Waals surface area contributed by atoms with E-state index < -0.39 is 11.6 Å². The van der Waals surface area contributed by atoms with Crippen LogP contribution in [-0.4, -0.2) is 15.4 Å². The number of hydrogen-bond acceptors (Lipinski definition) is 1. The van der Waals surface area contributed by atoms with Gasteiger partial charge in [-0.25, -0.2) is 13.8 Å². The lowest BCUT2D eigenvalue weighted by Crippen LogP contribution is -2.12. The Hall–Kier alpha value is -1.16. The molecular weight excluding hydrogens is 282 g/mol. The van der Waals surface area contributed by atoms with Crippen molar-refractivity contribution < 1.29 is 8.78 Å². The van der Waals surface area contributed by atoms with Crippen molar-refractivity contribution in [2.75, 3.05) is 5.88 Å². The molecule has 2 rings (SSSR count). The fraction of sp³-hybridized carbons (Fsp3) is 0.533. The number of nitrogens with zero attached hydrogens (tertiary/aromatic N) is 2. The molecule has 1 unspecified atom stereocenters. The lowest BCUT2D eigenvalue weighted by molar-refractivity contribution is 0.445. The van der Waals surface area contributed by atoms with E-state index in [1.54, 1.807) is 0 Å². The summed E-state index contributed by atoms with van der Waals surface area (Å²) in [4.78, 5) is 4.33. The molecule has 110 valence electrons. The number of halogens is 3. The van der Waals surface area contributed by atoms with E-state index in [0.29, 0.717) is 17.8 Å². The first-order valence-electron chi connectivity index (χ1n) is 7.04. The van der Waals surface area contributed by atoms with Gasteiger partial charge in [0, 0.05) is 24.4 Å². The molecule has 0 amide bonds. The molecule has 0 saturated heterocycles. The van der Waals surface area contributed by atoms with E-state index in [4.69, 9.17) is 11.6 Å². The quantitative estimate of drug-likeness (QED) is 0.698. The lowest BCUT2D eigenvalue weighted by atomic mass is 10.1. The van der Waals surface area contributed by atoms with Crippen molar-refractivity contribution in [1.29, 1.82) is 0 Å². The van der Waals surface area contributed by atoms with Crippen molar-refractivity contribution >= 4 is 22.6 Å². The van der Waals surface area contributed by atoms with Gasteiger partial charge in [-0.1, -0.05) is 20.3 Å². The molecule has 2 aromatic rings. The normalized spacial score (nSPS) is 13.1. The maximum atomic E-state index is 13.9. The summed E-state index contributed by atoms with van der Waals surface area (Å²) in [5, 5.41) is 0. The molecule has 1 heterocycles. The molecule has 1 aromatic heterocycles. The van der Waals surface area contributed by atoms with Gasteiger partial charge >= 0.3 is 0 Å². The summed E-state index contributed by atoms with van der Waals surface area (Å²) in [6.07, 6.45) is 3.41. The van der Waals surface area contributed by atoms with Crippen LogP contribution in [0.4, 0.5) is 8.78 Å². The van der Waals surface area contributed by atoms with Gasteiger partial charge in [-0.15, -0.1) is 11.6 Å². The van der Waals surface area contributed by atoms with E-state index in [1.807, 2.05) is 4.57 Å². The van der Waals surface area contributed by atoms with Crippen molar-refractivity contribution in [1.82, 2.24) is 9.55 Å². The van der Waals surface area contributed by atoms with E-state index in [-0.39, 0.29) is 11.6 Å². The molecule has 0 aliphatic rings. The highest BCUT2D eigenvalue weighted by molar-refractivity contribution is 6.17. The fourth-order valence-electron chi connectivity index (χ4n) is 2.69. The molecule has 0 N–H and O–H groups in total. The Labute approximate surface area is 122 Å². The third kappa shape index (κ3) is 2.80. The Kier molecular flexibility index (Phi) is 4.97. The van der Waals surface area contributed by atoms with Crippen LogP contribution in [0.15, 0.2) is 12.1 Å². The van der Waals surface area contributed by atoms with Gasteiger partial charge in [0.1, 0.15) is 17.2 Å². The van der Waals surface area contributed by atoms with Crippen molar-refractivity contribution in [3.8, 4) is 0 Å². The number of imidazole rings is 1. The van der Waals surface area contributed by atoms with Gasteiger partial charge in [0.05, 0.1) is 5.52 Å². The Morgan fingerprint density at radius 2 is 2.05 bits per heavy atom. The standard InChI is InChI=1S/C15H19ClF2N2/c1-3-5-11(4-2)20-13-9-10(17)8-12(18)15(13)19-14(20)6-7-16/h8-9,11H,3-7H2,1-2H3. The summed E-state index contributed by atoms with van der Waals surface area (Å²) in [5.41, 5.74) is 0.768. The number of benzene rings is 1. The highest BCUT2D eigenvalue weighted by Gasteiger charge is 2.20. The van der Waals surface area contributed by atoms with Gasteiger partial charge in [0.15, 0.2) is 5.82 Å². The first-order valence-corrected chi connectivity index (χ1v) is 7.57. The third-order valence-electron chi connectivity index (χ3n) is 3.56. The van der Waals surface area contributed by atoms with Crippen LogP contribution in [0.5, 0.6) is 0 Å². The van der Waals surface area contributed by atoms with Crippen LogP contribution >= 0.6 is 11.6 Å². The molecular formula is C15H19ClF2N2. The van der Waals surface area contributed by atoms with Crippen molar-refractivity contribution in [2.24, 2.45) is 0 Å². The number of rotatable bonds is 6. The third-order valence-corrected chi connectivity index (χ3v) is 3.75. The van der Waals surface area contributed by atoms with Crippen molar-refractivity contribution in [3.63, 3.8) is 0 Å². The number of aryl methyl sites for hydroxylation is 1.